The quantitative estimate of drug-likeness (QED) is 0.740. The minimum atomic E-state index is -0.928. The zero-order chi connectivity index (χ0) is 15.6. The van der Waals surface area contributed by atoms with Crippen LogP contribution in [0.4, 0.5) is 0 Å². The van der Waals surface area contributed by atoms with Crippen LogP contribution in [0.5, 0.6) is 0 Å². The molecule has 7 nitrogen and oxygen atoms in total. The van der Waals surface area contributed by atoms with Crippen LogP contribution in [0.1, 0.15) is 19.3 Å². The van der Waals surface area contributed by atoms with E-state index in [1.165, 1.54) is 7.11 Å². The Morgan fingerprint density at radius 3 is 2.29 bits per heavy atom. The standard InChI is InChI=1S/C14H17NO6/c1-20-13(18)10-8-4-3-6-15(8)7-5-9(16)12(17)11(10)14(19)21-2/h17H,3-7H2,1-2H3/b10-8+,12-11-. The number of esters is 2. The summed E-state index contributed by atoms with van der Waals surface area (Å²) in [5.74, 6) is -3.02. The fourth-order valence-electron chi connectivity index (χ4n) is 2.64. The summed E-state index contributed by atoms with van der Waals surface area (Å²) >= 11 is 0. The van der Waals surface area contributed by atoms with E-state index in [0.717, 1.165) is 13.5 Å². The highest BCUT2D eigenvalue weighted by Crippen LogP contribution is 2.32. The molecule has 7 heteroatoms. The third-order valence-electron chi connectivity index (χ3n) is 3.65. The lowest BCUT2D eigenvalue weighted by Crippen LogP contribution is -2.30. The first-order valence-electron chi connectivity index (χ1n) is 6.62. The summed E-state index contributed by atoms with van der Waals surface area (Å²) in [5, 5.41) is 10.0. The predicted molar refractivity (Wildman–Crippen MR) is 71.1 cm³/mol. The topological polar surface area (TPSA) is 93.1 Å². The van der Waals surface area contributed by atoms with Crippen molar-refractivity contribution in [3.8, 4) is 0 Å². The molecule has 1 saturated heterocycles. The minimum Gasteiger partial charge on any atom is -0.504 e. The molecule has 0 amide bonds. The molecule has 2 aliphatic heterocycles. The highest BCUT2D eigenvalue weighted by molar-refractivity contribution is 6.12. The van der Waals surface area contributed by atoms with Gasteiger partial charge in [-0.2, -0.15) is 0 Å². The molecule has 0 aromatic heterocycles. The Morgan fingerprint density at radius 1 is 1.05 bits per heavy atom. The van der Waals surface area contributed by atoms with E-state index >= 15 is 0 Å². The normalized spacial score (nSPS) is 26.0. The van der Waals surface area contributed by atoms with Gasteiger partial charge in [0.15, 0.2) is 11.5 Å². The van der Waals surface area contributed by atoms with Crippen LogP contribution in [0.2, 0.25) is 0 Å². The highest BCUT2D eigenvalue weighted by Gasteiger charge is 2.36. The maximum absolute atomic E-state index is 12.1. The molecule has 1 N–H and O–H groups in total. The fraction of sp³-hybridized carbons (Fsp3) is 0.500. The van der Waals surface area contributed by atoms with Crippen molar-refractivity contribution in [3.05, 3.63) is 22.6 Å². The van der Waals surface area contributed by atoms with Crippen LogP contribution >= 0.6 is 0 Å². The number of methoxy groups -OCH3 is 2. The number of ketones is 1. The lowest BCUT2D eigenvalue weighted by molar-refractivity contribution is -0.140. The number of allylic oxidation sites excluding steroid dienone is 2. The third-order valence-corrected chi connectivity index (χ3v) is 3.65. The molecular formula is C14H17NO6. The number of carbonyl (C=O) groups is 3. The molecule has 0 bridgehead atoms. The average Bonchev–Trinajstić information content (AvgIpc) is 2.94. The van der Waals surface area contributed by atoms with Crippen LogP contribution in [0.25, 0.3) is 0 Å². The summed E-state index contributed by atoms with van der Waals surface area (Å²) < 4.78 is 9.32. The van der Waals surface area contributed by atoms with Gasteiger partial charge in [0.25, 0.3) is 0 Å². The lowest BCUT2D eigenvalue weighted by Gasteiger charge is -2.25. The Balaban J connectivity index is 2.70. The number of fused-ring (bicyclic) bond motifs is 1. The van der Waals surface area contributed by atoms with Crippen molar-refractivity contribution in [2.75, 3.05) is 27.3 Å². The van der Waals surface area contributed by atoms with Crippen molar-refractivity contribution in [1.29, 1.82) is 0 Å². The average molecular weight is 295 g/mol. The van der Waals surface area contributed by atoms with Gasteiger partial charge >= 0.3 is 11.9 Å². The molecule has 2 rings (SSSR count). The first-order chi connectivity index (χ1) is 10.0. The molecule has 0 atom stereocenters. The summed E-state index contributed by atoms with van der Waals surface area (Å²) in [6.45, 7) is 1.09. The van der Waals surface area contributed by atoms with E-state index in [2.05, 4.69) is 4.74 Å². The smallest absolute Gasteiger partial charge is 0.342 e. The van der Waals surface area contributed by atoms with Gasteiger partial charge in [-0.05, 0) is 12.8 Å². The Labute approximate surface area is 121 Å². The minimum absolute atomic E-state index is 0.0737. The second kappa shape index (κ2) is 5.99. The molecule has 0 aromatic rings. The van der Waals surface area contributed by atoms with Gasteiger partial charge in [0.2, 0.25) is 0 Å². The number of hydrogen-bond acceptors (Lipinski definition) is 7. The van der Waals surface area contributed by atoms with Crippen LogP contribution in [0, 0.1) is 0 Å². The zero-order valence-electron chi connectivity index (χ0n) is 12.0. The SMILES string of the molecule is COC(=O)C1=C(\O)C(=O)CCN2CCC\C2=C\1C(=O)OC. The molecule has 21 heavy (non-hydrogen) atoms. The van der Waals surface area contributed by atoms with E-state index in [0.29, 0.717) is 25.2 Å². The molecule has 2 heterocycles. The number of carbonyl (C=O) groups excluding carboxylic acids is 3. The van der Waals surface area contributed by atoms with Crippen LogP contribution in [-0.2, 0) is 23.9 Å². The summed E-state index contributed by atoms with van der Waals surface area (Å²) in [4.78, 5) is 37.8. The Bertz CT molecular complexity index is 560. The van der Waals surface area contributed by atoms with E-state index in [4.69, 9.17) is 4.74 Å². The van der Waals surface area contributed by atoms with Crippen LogP contribution in [-0.4, -0.2) is 55.0 Å². The van der Waals surface area contributed by atoms with Crippen LogP contribution in [0.15, 0.2) is 22.6 Å². The van der Waals surface area contributed by atoms with Gasteiger partial charge in [-0.25, -0.2) is 9.59 Å². The van der Waals surface area contributed by atoms with E-state index in [1.807, 2.05) is 4.90 Å². The van der Waals surface area contributed by atoms with Gasteiger partial charge in [-0.1, -0.05) is 0 Å². The predicted octanol–water partition coefficient (Wildman–Crippen LogP) is 0.467. The van der Waals surface area contributed by atoms with Crippen molar-refractivity contribution < 1.29 is 29.0 Å². The first-order valence-corrected chi connectivity index (χ1v) is 6.62. The van der Waals surface area contributed by atoms with Crippen LogP contribution < -0.4 is 0 Å². The van der Waals surface area contributed by atoms with Crippen molar-refractivity contribution >= 4 is 17.7 Å². The Hall–Kier alpha value is -2.31. The van der Waals surface area contributed by atoms with E-state index in [9.17, 15) is 19.5 Å². The molecule has 0 radical (unpaired) electrons. The molecule has 114 valence electrons. The zero-order valence-corrected chi connectivity index (χ0v) is 12.0. The molecule has 0 aromatic carbocycles. The summed E-state index contributed by atoms with van der Waals surface area (Å²) in [5.41, 5.74) is 0.129. The van der Waals surface area contributed by atoms with Crippen molar-refractivity contribution in [2.24, 2.45) is 0 Å². The number of rotatable bonds is 2. The van der Waals surface area contributed by atoms with E-state index < -0.39 is 29.1 Å². The highest BCUT2D eigenvalue weighted by atomic mass is 16.5. The summed E-state index contributed by atoms with van der Waals surface area (Å²) in [6, 6.07) is 0. The second-order valence-corrected chi connectivity index (χ2v) is 4.79. The number of hydrogen-bond donors (Lipinski definition) is 1. The molecule has 0 spiro atoms. The van der Waals surface area contributed by atoms with Gasteiger partial charge in [0.05, 0.1) is 19.8 Å². The summed E-state index contributed by atoms with van der Waals surface area (Å²) in [6.07, 6.45) is 1.45. The molecule has 0 aliphatic carbocycles. The maximum atomic E-state index is 12.1. The van der Waals surface area contributed by atoms with Crippen molar-refractivity contribution in [2.45, 2.75) is 19.3 Å². The number of aliphatic hydroxyl groups excluding tert-OH is 1. The second-order valence-electron chi connectivity index (χ2n) is 4.79. The Kier molecular flexibility index (Phi) is 4.30. The van der Waals surface area contributed by atoms with E-state index in [1.54, 1.807) is 0 Å². The van der Waals surface area contributed by atoms with Crippen molar-refractivity contribution in [3.63, 3.8) is 0 Å². The Morgan fingerprint density at radius 2 is 1.67 bits per heavy atom. The van der Waals surface area contributed by atoms with Crippen molar-refractivity contribution in [1.82, 2.24) is 4.90 Å². The molecule has 0 unspecified atom stereocenters. The van der Waals surface area contributed by atoms with Gasteiger partial charge in [-0.3, -0.25) is 4.79 Å². The summed E-state index contributed by atoms with van der Waals surface area (Å²) in [7, 11) is 2.31. The molecule has 2 aliphatic rings. The molecule has 0 saturated carbocycles. The van der Waals surface area contributed by atoms with Gasteiger partial charge < -0.3 is 19.5 Å². The fourth-order valence-corrected chi connectivity index (χ4v) is 2.64. The number of aliphatic hydroxyl groups is 1. The number of ether oxygens (including phenoxy) is 2. The third kappa shape index (κ3) is 2.63. The first kappa shape index (κ1) is 15.1. The number of nitrogens with zero attached hydrogens (tertiary/aromatic N) is 1. The van der Waals surface area contributed by atoms with Gasteiger partial charge in [-0.15, -0.1) is 0 Å². The molecule has 1 fully saturated rings. The monoisotopic (exact) mass is 295 g/mol. The van der Waals surface area contributed by atoms with Crippen LogP contribution in [0.3, 0.4) is 0 Å². The van der Waals surface area contributed by atoms with Gasteiger partial charge in [0, 0.05) is 25.2 Å². The lowest BCUT2D eigenvalue weighted by atomic mass is 9.97. The van der Waals surface area contributed by atoms with Gasteiger partial charge in [0.1, 0.15) is 5.57 Å². The largest absolute Gasteiger partial charge is 0.504 e. The van der Waals surface area contributed by atoms with E-state index in [-0.39, 0.29) is 12.0 Å². The maximum Gasteiger partial charge on any atom is 0.342 e. The molecular weight excluding hydrogens is 278 g/mol. The number of Topliss-reactive ketones (excluding diaryl/α,β-unsaturated/α-hetero) is 1.